The highest BCUT2D eigenvalue weighted by atomic mass is 35.5. The molecule has 26 heavy (non-hydrogen) atoms. The van der Waals surface area contributed by atoms with Crippen LogP contribution in [0, 0.1) is 0 Å². The summed E-state index contributed by atoms with van der Waals surface area (Å²) in [6.45, 7) is 1.58. The van der Waals surface area contributed by atoms with E-state index in [1.165, 1.54) is 10.9 Å². The lowest BCUT2D eigenvalue weighted by atomic mass is 10.1. The van der Waals surface area contributed by atoms with Gasteiger partial charge in [0.25, 0.3) is 0 Å². The molecule has 0 bridgehead atoms. The van der Waals surface area contributed by atoms with Crippen LogP contribution in [0.25, 0.3) is 10.9 Å². The zero-order chi connectivity index (χ0) is 18.5. The lowest BCUT2D eigenvalue weighted by Gasteiger charge is -2.12. The number of Topliss-reactive ketones (excluding diaryl/α,β-unsaturated/α-hetero) is 1. The Bertz CT molecular complexity index is 932. The number of hydrogen-bond donors (Lipinski definition) is 1. The number of ether oxygens (including phenoxy) is 1. The number of para-hydroxylation sites is 1. The van der Waals surface area contributed by atoms with Crippen LogP contribution in [0.5, 0.6) is 0 Å². The van der Waals surface area contributed by atoms with Gasteiger partial charge in [0.2, 0.25) is 5.78 Å². The summed E-state index contributed by atoms with van der Waals surface area (Å²) in [7, 11) is 0. The largest absolute Gasteiger partial charge is 0.454 e. The third kappa shape index (κ3) is 4.33. The fourth-order valence-corrected chi connectivity index (χ4v) is 3.14. The number of esters is 1. The molecular formula is C21H20ClNO3. The van der Waals surface area contributed by atoms with Crippen LogP contribution >= 0.6 is 11.6 Å². The molecule has 0 saturated carbocycles. The smallest absolute Gasteiger partial charge is 0.306 e. The number of hydrogen-bond acceptors (Lipinski definition) is 3. The second kappa shape index (κ2) is 8.19. The van der Waals surface area contributed by atoms with E-state index in [-0.39, 0.29) is 18.2 Å². The lowest BCUT2D eigenvalue weighted by molar-refractivity contribution is -0.146. The van der Waals surface area contributed by atoms with Crippen molar-refractivity contribution in [1.82, 2.24) is 4.98 Å². The van der Waals surface area contributed by atoms with Crippen molar-refractivity contribution in [2.75, 3.05) is 0 Å². The van der Waals surface area contributed by atoms with Gasteiger partial charge in [-0.25, -0.2) is 0 Å². The number of aromatic nitrogens is 1. The monoisotopic (exact) mass is 369 g/mol. The summed E-state index contributed by atoms with van der Waals surface area (Å²) in [4.78, 5) is 27.6. The van der Waals surface area contributed by atoms with Crippen LogP contribution in [0.4, 0.5) is 0 Å². The van der Waals surface area contributed by atoms with E-state index in [2.05, 4.69) is 11.1 Å². The molecule has 1 aromatic heterocycles. The Hall–Kier alpha value is -2.59. The molecule has 0 aliphatic rings. The molecule has 3 aromatic rings. The molecule has 1 N–H and O–H groups in total. The van der Waals surface area contributed by atoms with Crippen molar-refractivity contribution in [3.63, 3.8) is 0 Å². The van der Waals surface area contributed by atoms with Crippen molar-refractivity contribution >= 4 is 34.3 Å². The Kier molecular flexibility index (Phi) is 5.74. The van der Waals surface area contributed by atoms with E-state index in [9.17, 15) is 9.59 Å². The Morgan fingerprint density at radius 1 is 1.15 bits per heavy atom. The number of H-pyrrole nitrogens is 1. The van der Waals surface area contributed by atoms with E-state index in [1.54, 1.807) is 31.2 Å². The first-order chi connectivity index (χ1) is 12.5. The van der Waals surface area contributed by atoms with E-state index in [4.69, 9.17) is 16.3 Å². The van der Waals surface area contributed by atoms with Gasteiger partial charge in [-0.1, -0.05) is 41.9 Å². The second-order valence-electron chi connectivity index (χ2n) is 6.22. The van der Waals surface area contributed by atoms with Crippen molar-refractivity contribution in [3.8, 4) is 0 Å². The number of nitrogens with one attached hydrogen (secondary N) is 1. The molecule has 0 amide bonds. The minimum absolute atomic E-state index is 0.252. The van der Waals surface area contributed by atoms with Crippen LogP contribution in [0.1, 0.15) is 35.7 Å². The normalized spacial score (nSPS) is 12.1. The minimum Gasteiger partial charge on any atom is -0.454 e. The quantitative estimate of drug-likeness (QED) is 0.473. The second-order valence-corrected chi connectivity index (χ2v) is 6.66. The maximum Gasteiger partial charge on any atom is 0.306 e. The fraction of sp³-hybridized carbons (Fsp3) is 0.238. The maximum atomic E-state index is 12.3. The van der Waals surface area contributed by atoms with E-state index >= 15 is 0 Å². The molecule has 1 heterocycles. The van der Waals surface area contributed by atoms with Crippen LogP contribution in [-0.4, -0.2) is 22.8 Å². The summed E-state index contributed by atoms with van der Waals surface area (Å²) in [5.74, 6) is -0.620. The van der Waals surface area contributed by atoms with E-state index < -0.39 is 6.10 Å². The molecule has 0 unspecified atom stereocenters. The van der Waals surface area contributed by atoms with Crippen molar-refractivity contribution in [2.24, 2.45) is 0 Å². The molecule has 0 spiro atoms. The van der Waals surface area contributed by atoms with Crippen LogP contribution in [0.15, 0.2) is 54.7 Å². The first kappa shape index (κ1) is 18.2. The third-order valence-corrected chi connectivity index (χ3v) is 4.52. The molecule has 134 valence electrons. The standard InChI is InChI=1S/C21H20ClNO3/c1-14(21(25)15-6-4-8-17(22)12-15)26-20(24)11-5-7-16-13-23-19-10-3-2-9-18(16)19/h2-4,6,8-10,12-14,23H,5,7,11H2,1H3/t14-/m1/s1. The first-order valence-corrected chi connectivity index (χ1v) is 8.96. The van der Waals surface area contributed by atoms with Crippen molar-refractivity contribution < 1.29 is 14.3 Å². The van der Waals surface area contributed by atoms with E-state index in [0.29, 0.717) is 17.0 Å². The lowest BCUT2D eigenvalue weighted by Crippen LogP contribution is -2.24. The molecule has 3 rings (SSSR count). The van der Waals surface area contributed by atoms with Gasteiger partial charge in [0.15, 0.2) is 6.10 Å². The van der Waals surface area contributed by atoms with Crippen LogP contribution in [0.3, 0.4) is 0 Å². The highest BCUT2D eigenvalue weighted by molar-refractivity contribution is 6.31. The van der Waals surface area contributed by atoms with Gasteiger partial charge in [0.05, 0.1) is 0 Å². The Balaban J connectivity index is 1.50. The zero-order valence-electron chi connectivity index (χ0n) is 14.5. The SMILES string of the molecule is C[C@@H](OC(=O)CCCc1c[nH]c2ccccc12)C(=O)c1cccc(Cl)c1. The summed E-state index contributed by atoms with van der Waals surface area (Å²) in [5, 5.41) is 1.65. The van der Waals surface area contributed by atoms with Crippen LogP contribution < -0.4 is 0 Å². The average molecular weight is 370 g/mol. The fourth-order valence-electron chi connectivity index (χ4n) is 2.95. The zero-order valence-corrected chi connectivity index (χ0v) is 15.3. The molecule has 0 fully saturated rings. The van der Waals surface area contributed by atoms with Crippen LogP contribution in [-0.2, 0) is 16.0 Å². The number of benzene rings is 2. The molecule has 5 heteroatoms. The van der Waals surface area contributed by atoms with Crippen molar-refractivity contribution in [1.29, 1.82) is 0 Å². The minimum atomic E-state index is -0.825. The van der Waals surface area contributed by atoms with E-state index in [0.717, 1.165) is 11.9 Å². The number of carbonyl (C=O) groups excluding carboxylic acids is 2. The highest BCUT2D eigenvalue weighted by Gasteiger charge is 2.19. The summed E-state index contributed by atoms with van der Waals surface area (Å²) in [6.07, 6.45) is 2.86. The van der Waals surface area contributed by atoms with Crippen molar-refractivity contribution in [2.45, 2.75) is 32.3 Å². The number of rotatable bonds is 7. The molecular weight excluding hydrogens is 350 g/mol. The summed E-state index contributed by atoms with van der Waals surface area (Å²) >= 11 is 5.90. The molecule has 0 aliphatic heterocycles. The maximum absolute atomic E-state index is 12.3. The summed E-state index contributed by atoms with van der Waals surface area (Å²) in [5.41, 5.74) is 2.71. The van der Waals surface area contributed by atoms with Crippen molar-refractivity contribution in [3.05, 3.63) is 70.9 Å². The number of carbonyl (C=O) groups is 2. The van der Waals surface area contributed by atoms with Gasteiger partial charge in [-0.15, -0.1) is 0 Å². The average Bonchev–Trinajstić information content (AvgIpc) is 3.04. The highest BCUT2D eigenvalue weighted by Crippen LogP contribution is 2.20. The number of halogens is 1. The molecule has 0 aliphatic carbocycles. The first-order valence-electron chi connectivity index (χ1n) is 8.59. The summed E-state index contributed by atoms with van der Waals surface area (Å²) < 4.78 is 5.27. The van der Waals surface area contributed by atoms with Gasteiger partial charge in [-0.2, -0.15) is 0 Å². The molecule has 1 atom stereocenters. The van der Waals surface area contributed by atoms with Gasteiger partial charge in [-0.05, 0) is 43.5 Å². The third-order valence-electron chi connectivity index (χ3n) is 4.29. The van der Waals surface area contributed by atoms with Gasteiger partial charge < -0.3 is 9.72 Å². The summed E-state index contributed by atoms with van der Waals surface area (Å²) in [6, 6.07) is 14.7. The number of aryl methyl sites for hydroxylation is 1. The Labute approximate surface area is 157 Å². The van der Waals surface area contributed by atoms with Gasteiger partial charge in [0.1, 0.15) is 0 Å². The van der Waals surface area contributed by atoms with Gasteiger partial charge in [0, 0.05) is 34.1 Å². The van der Waals surface area contributed by atoms with E-state index in [1.807, 2.05) is 24.4 Å². The molecule has 0 saturated heterocycles. The topological polar surface area (TPSA) is 59.2 Å². The Morgan fingerprint density at radius 2 is 1.96 bits per heavy atom. The van der Waals surface area contributed by atoms with Gasteiger partial charge in [-0.3, -0.25) is 9.59 Å². The molecule has 0 radical (unpaired) electrons. The van der Waals surface area contributed by atoms with Crippen LogP contribution in [0.2, 0.25) is 5.02 Å². The number of aromatic amines is 1. The predicted molar refractivity (Wildman–Crippen MR) is 103 cm³/mol. The Morgan fingerprint density at radius 3 is 2.77 bits per heavy atom. The van der Waals surface area contributed by atoms with Gasteiger partial charge >= 0.3 is 5.97 Å². The predicted octanol–water partition coefficient (Wildman–Crippen LogP) is 4.96. The number of fused-ring (bicyclic) bond motifs is 1. The molecule has 2 aromatic carbocycles. The number of ketones is 1. The molecule has 4 nitrogen and oxygen atoms in total.